The molecule has 41 heavy (non-hydrogen) atoms. The molecular formula is C29H35F2N5O4S. The van der Waals surface area contributed by atoms with Gasteiger partial charge in [0.1, 0.15) is 22.8 Å². The maximum atomic E-state index is 13.6. The van der Waals surface area contributed by atoms with E-state index in [-0.39, 0.29) is 17.6 Å². The molecule has 0 aliphatic carbocycles. The van der Waals surface area contributed by atoms with Gasteiger partial charge in [0, 0.05) is 18.5 Å². The predicted molar refractivity (Wildman–Crippen MR) is 155 cm³/mol. The van der Waals surface area contributed by atoms with Crippen LogP contribution in [0.2, 0.25) is 0 Å². The van der Waals surface area contributed by atoms with Crippen LogP contribution in [0.1, 0.15) is 48.0 Å². The Labute approximate surface area is 241 Å². The van der Waals surface area contributed by atoms with Gasteiger partial charge >= 0.3 is 12.2 Å². The van der Waals surface area contributed by atoms with E-state index in [1.54, 1.807) is 65.8 Å². The van der Waals surface area contributed by atoms with E-state index in [0.29, 0.717) is 30.0 Å². The third kappa shape index (κ3) is 10.8. The Kier molecular flexibility index (Phi) is 10.4. The summed E-state index contributed by atoms with van der Waals surface area (Å²) in [4.78, 5) is 33.9. The number of hydrogen-bond acceptors (Lipinski definition) is 6. The zero-order valence-electron chi connectivity index (χ0n) is 24.0. The molecule has 0 radical (unpaired) electrons. The Hall–Kier alpha value is -4.06. The monoisotopic (exact) mass is 587 g/mol. The van der Waals surface area contributed by atoms with Gasteiger partial charge in [-0.25, -0.2) is 23.4 Å². The van der Waals surface area contributed by atoms with Gasteiger partial charge < -0.3 is 19.4 Å². The van der Waals surface area contributed by atoms with Gasteiger partial charge in [0.2, 0.25) is 5.96 Å². The molecule has 0 spiro atoms. The predicted octanol–water partition coefficient (Wildman–Crippen LogP) is 6.52. The number of hydrogen-bond donors (Lipinski definition) is 2. The van der Waals surface area contributed by atoms with Crippen molar-refractivity contribution in [3.05, 3.63) is 70.3 Å². The molecule has 0 saturated heterocycles. The largest absolute Gasteiger partial charge is 0.444 e. The van der Waals surface area contributed by atoms with Gasteiger partial charge in [0.05, 0.1) is 11.4 Å². The average Bonchev–Trinajstić information content (AvgIpc) is 3.23. The standard InChI is InChI=1S/C29H35F2N5O4S/c1-28(2,3)39-26(37)34-24(35-27(38)40-29(4,5)6)32-16-7-17-36-23(19-8-10-20(30)11-9-19)18-41-25(36)33-22-14-12-21(31)13-15-22/h8-15,18H,7,16-17H2,1-6H3,(H2,32,34,35,37,38)/b33-25+. The van der Waals surface area contributed by atoms with Crippen molar-refractivity contribution in [2.75, 3.05) is 6.54 Å². The quantitative estimate of drug-likeness (QED) is 0.194. The van der Waals surface area contributed by atoms with Crippen LogP contribution >= 0.6 is 11.3 Å². The number of carbonyl (C=O) groups is 2. The number of amides is 2. The Bertz CT molecular complexity index is 1430. The molecule has 9 nitrogen and oxygen atoms in total. The normalized spacial score (nSPS) is 12.7. The summed E-state index contributed by atoms with van der Waals surface area (Å²) in [7, 11) is 0. The van der Waals surface area contributed by atoms with E-state index in [1.165, 1.54) is 35.6 Å². The van der Waals surface area contributed by atoms with Crippen molar-refractivity contribution in [3.8, 4) is 11.3 Å². The highest BCUT2D eigenvalue weighted by Gasteiger charge is 2.20. The van der Waals surface area contributed by atoms with Gasteiger partial charge in [-0.15, -0.1) is 16.3 Å². The van der Waals surface area contributed by atoms with Crippen LogP contribution in [0.4, 0.5) is 24.1 Å². The van der Waals surface area contributed by atoms with Crippen LogP contribution in [0.3, 0.4) is 0 Å². The Balaban J connectivity index is 1.81. The Morgan fingerprint density at radius 1 is 0.902 bits per heavy atom. The summed E-state index contributed by atoms with van der Waals surface area (Å²) in [6.07, 6.45) is -1.13. The number of nitrogens with one attached hydrogen (secondary N) is 2. The van der Waals surface area contributed by atoms with E-state index < -0.39 is 23.4 Å². The fourth-order valence-corrected chi connectivity index (χ4v) is 4.40. The fourth-order valence-electron chi connectivity index (χ4n) is 3.44. The molecule has 2 N–H and O–H groups in total. The number of ether oxygens (including phenoxy) is 2. The molecule has 0 saturated carbocycles. The van der Waals surface area contributed by atoms with Crippen molar-refractivity contribution in [1.82, 2.24) is 15.2 Å². The minimum Gasteiger partial charge on any atom is -0.444 e. The second kappa shape index (κ2) is 13.5. The third-order valence-electron chi connectivity index (χ3n) is 5.06. The second-order valence-electron chi connectivity index (χ2n) is 11.0. The summed E-state index contributed by atoms with van der Waals surface area (Å²) >= 11 is 1.40. The van der Waals surface area contributed by atoms with E-state index in [2.05, 4.69) is 20.6 Å². The number of benzene rings is 2. The lowest BCUT2D eigenvalue weighted by molar-refractivity contribution is 0.0560. The van der Waals surface area contributed by atoms with Crippen molar-refractivity contribution in [3.63, 3.8) is 0 Å². The van der Waals surface area contributed by atoms with Gasteiger partial charge in [-0.2, -0.15) is 0 Å². The first kappa shape index (κ1) is 31.5. The molecule has 2 amide bonds. The van der Waals surface area contributed by atoms with Gasteiger partial charge in [0.25, 0.3) is 0 Å². The topological polar surface area (TPSA) is 106 Å². The average molecular weight is 588 g/mol. The molecule has 0 atom stereocenters. The van der Waals surface area contributed by atoms with Crippen molar-refractivity contribution >= 4 is 35.2 Å². The summed E-state index contributed by atoms with van der Waals surface area (Å²) in [6, 6.07) is 12.0. The molecule has 0 unspecified atom stereocenters. The van der Waals surface area contributed by atoms with E-state index in [1.807, 2.05) is 9.95 Å². The lowest BCUT2D eigenvalue weighted by Crippen LogP contribution is -2.44. The summed E-state index contributed by atoms with van der Waals surface area (Å²) in [5, 5.41) is 7.34. The number of aliphatic imine (C=N–C) groups is 1. The maximum absolute atomic E-state index is 13.6. The van der Waals surface area contributed by atoms with Crippen LogP contribution in [-0.2, 0) is 16.0 Å². The van der Waals surface area contributed by atoms with Gasteiger partial charge in [-0.3, -0.25) is 5.32 Å². The zero-order valence-corrected chi connectivity index (χ0v) is 24.8. The van der Waals surface area contributed by atoms with Crippen molar-refractivity contribution in [1.29, 1.82) is 0 Å². The highest BCUT2D eigenvalue weighted by Crippen LogP contribution is 2.22. The number of guanidine groups is 1. The Morgan fingerprint density at radius 3 is 2.07 bits per heavy atom. The Morgan fingerprint density at radius 2 is 1.49 bits per heavy atom. The minimum atomic E-state index is -0.873. The first-order valence-corrected chi connectivity index (χ1v) is 13.9. The molecule has 3 aromatic rings. The van der Waals surface area contributed by atoms with E-state index in [0.717, 1.165) is 11.3 Å². The first-order chi connectivity index (χ1) is 19.2. The third-order valence-corrected chi connectivity index (χ3v) is 5.92. The molecular weight excluding hydrogens is 552 g/mol. The number of carbonyl (C=O) groups excluding carboxylic acids is 2. The molecule has 1 heterocycles. The number of aromatic nitrogens is 1. The zero-order chi connectivity index (χ0) is 30.2. The summed E-state index contributed by atoms with van der Waals surface area (Å²) in [6.45, 7) is 11.1. The SMILES string of the molecule is CC(C)(C)OC(=O)/N=C(\NCCCn1c(-c2ccc(F)cc2)cs/c1=N/c1ccc(F)cc1)NC(=O)OC(C)(C)C. The number of thiazole rings is 1. The summed E-state index contributed by atoms with van der Waals surface area (Å²) in [5.41, 5.74) is 0.686. The molecule has 1 aromatic heterocycles. The maximum Gasteiger partial charge on any atom is 0.437 e. The van der Waals surface area contributed by atoms with Crippen LogP contribution < -0.4 is 15.4 Å². The molecule has 0 fully saturated rings. The molecule has 12 heteroatoms. The number of rotatable bonds is 6. The molecule has 0 bridgehead atoms. The van der Waals surface area contributed by atoms with E-state index in [9.17, 15) is 18.4 Å². The highest BCUT2D eigenvalue weighted by molar-refractivity contribution is 7.07. The van der Waals surface area contributed by atoms with Crippen molar-refractivity contribution in [2.24, 2.45) is 9.98 Å². The van der Waals surface area contributed by atoms with Crippen LogP contribution in [0.25, 0.3) is 11.3 Å². The lowest BCUT2D eigenvalue weighted by Gasteiger charge is -2.21. The first-order valence-electron chi connectivity index (χ1n) is 13.0. The molecule has 3 rings (SSSR count). The minimum absolute atomic E-state index is 0.112. The van der Waals surface area contributed by atoms with Crippen molar-refractivity contribution in [2.45, 2.75) is 65.7 Å². The number of nitrogens with zero attached hydrogens (tertiary/aromatic N) is 3. The van der Waals surface area contributed by atoms with E-state index in [4.69, 9.17) is 9.47 Å². The van der Waals surface area contributed by atoms with Crippen LogP contribution in [0.15, 0.2) is 63.9 Å². The fraction of sp³-hybridized carbons (Fsp3) is 0.379. The lowest BCUT2D eigenvalue weighted by atomic mass is 10.1. The molecule has 0 aliphatic heterocycles. The van der Waals surface area contributed by atoms with Crippen LogP contribution in [0.5, 0.6) is 0 Å². The van der Waals surface area contributed by atoms with Gasteiger partial charge in [-0.1, -0.05) is 0 Å². The summed E-state index contributed by atoms with van der Waals surface area (Å²) in [5.74, 6) is -0.811. The summed E-state index contributed by atoms with van der Waals surface area (Å²) < 4.78 is 39.5. The molecule has 0 aliphatic rings. The van der Waals surface area contributed by atoms with Gasteiger partial charge in [0.15, 0.2) is 4.80 Å². The number of halogens is 2. The van der Waals surface area contributed by atoms with E-state index >= 15 is 0 Å². The highest BCUT2D eigenvalue weighted by atomic mass is 32.1. The smallest absolute Gasteiger partial charge is 0.437 e. The number of alkyl carbamates (subject to hydrolysis) is 1. The second-order valence-corrected chi connectivity index (χ2v) is 11.8. The van der Waals surface area contributed by atoms with Crippen molar-refractivity contribution < 1.29 is 27.8 Å². The molecule has 220 valence electrons. The van der Waals surface area contributed by atoms with Gasteiger partial charge in [-0.05, 0) is 102 Å². The van der Waals surface area contributed by atoms with Crippen LogP contribution in [-0.4, -0.2) is 40.5 Å². The van der Waals surface area contributed by atoms with Crippen LogP contribution in [0, 0.1) is 11.6 Å². The molecule has 2 aromatic carbocycles.